The molecule has 8 aromatic carbocycles. The van der Waals surface area contributed by atoms with Crippen molar-refractivity contribution >= 4 is 21.8 Å². The Kier molecular flexibility index (Phi) is 9.28. The van der Waals surface area contributed by atoms with Crippen molar-refractivity contribution in [3.05, 3.63) is 218 Å². The second-order valence-electron chi connectivity index (χ2n) is 15.4. The largest absolute Gasteiger partial charge is 0.308 e. The number of benzene rings is 8. The Hall–Kier alpha value is -8.35. The summed E-state index contributed by atoms with van der Waals surface area (Å²) < 4.78 is 2.36. The van der Waals surface area contributed by atoms with E-state index in [-0.39, 0.29) is 0 Å². The summed E-state index contributed by atoms with van der Waals surface area (Å²) in [5.41, 5.74) is 13.8. The maximum Gasteiger partial charge on any atom is 0.164 e. The van der Waals surface area contributed by atoms with Crippen molar-refractivity contribution in [1.82, 2.24) is 29.5 Å². The van der Waals surface area contributed by atoms with Crippen molar-refractivity contribution in [2.45, 2.75) is 6.92 Å². The molecule has 0 aliphatic heterocycles. The zero-order valence-corrected chi connectivity index (χ0v) is 33.9. The summed E-state index contributed by atoms with van der Waals surface area (Å²) in [6, 6.07) is 73.4. The topological polar surface area (TPSA) is 69.4 Å². The van der Waals surface area contributed by atoms with Crippen LogP contribution in [0.15, 0.2) is 212 Å². The lowest BCUT2D eigenvalue weighted by molar-refractivity contribution is 1.07. The first-order valence-corrected chi connectivity index (χ1v) is 20.8. The number of hydrogen-bond acceptors (Lipinski definition) is 5. The number of aryl methyl sites for hydroxylation is 1. The molecule has 0 saturated heterocycles. The van der Waals surface area contributed by atoms with E-state index in [1.54, 1.807) is 0 Å². The number of fused-ring (bicyclic) bond motifs is 3. The van der Waals surface area contributed by atoms with Crippen molar-refractivity contribution in [2.24, 2.45) is 0 Å². The van der Waals surface area contributed by atoms with Gasteiger partial charge in [0.2, 0.25) is 0 Å². The maximum atomic E-state index is 5.39. The van der Waals surface area contributed by atoms with Crippen molar-refractivity contribution in [3.63, 3.8) is 0 Å². The van der Waals surface area contributed by atoms with Crippen LogP contribution in [-0.4, -0.2) is 29.5 Å². The van der Waals surface area contributed by atoms with Crippen LogP contribution in [0.4, 0.5) is 0 Å². The predicted molar refractivity (Wildman–Crippen MR) is 253 cm³/mol. The van der Waals surface area contributed by atoms with Gasteiger partial charge in [-0.3, -0.25) is 0 Å². The van der Waals surface area contributed by atoms with Gasteiger partial charge in [0, 0.05) is 44.2 Å². The molecule has 0 unspecified atom stereocenters. The monoisotopic (exact) mass is 794 g/mol. The molecule has 0 saturated carbocycles. The Morgan fingerprint density at radius 1 is 0.306 bits per heavy atom. The second kappa shape index (κ2) is 15.7. The second-order valence-corrected chi connectivity index (χ2v) is 15.4. The zero-order valence-electron chi connectivity index (χ0n) is 33.9. The highest BCUT2D eigenvalue weighted by Gasteiger charge is 2.22. The van der Waals surface area contributed by atoms with Crippen LogP contribution in [-0.2, 0) is 0 Å². The highest BCUT2D eigenvalue weighted by atomic mass is 15.0. The molecule has 3 aromatic heterocycles. The lowest BCUT2D eigenvalue weighted by atomic mass is 10.0. The number of para-hydroxylation sites is 1. The highest BCUT2D eigenvalue weighted by molar-refractivity contribution is 6.10. The first kappa shape index (κ1) is 36.7. The van der Waals surface area contributed by atoms with Crippen LogP contribution < -0.4 is 0 Å². The van der Waals surface area contributed by atoms with Gasteiger partial charge in [0.05, 0.1) is 28.1 Å². The van der Waals surface area contributed by atoms with E-state index in [0.717, 1.165) is 83.4 Å². The van der Waals surface area contributed by atoms with E-state index in [0.29, 0.717) is 23.3 Å². The third kappa shape index (κ3) is 6.89. The molecule has 11 rings (SSSR count). The minimum absolute atomic E-state index is 0.553. The van der Waals surface area contributed by atoms with E-state index < -0.39 is 0 Å². The Labute approximate surface area is 359 Å². The van der Waals surface area contributed by atoms with E-state index in [2.05, 4.69) is 127 Å². The molecular weight excluding hydrogens is 757 g/mol. The van der Waals surface area contributed by atoms with Gasteiger partial charge >= 0.3 is 0 Å². The fraction of sp³-hybridized carbons (Fsp3) is 0.0179. The van der Waals surface area contributed by atoms with E-state index in [9.17, 15) is 0 Å². The fourth-order valence-corrected chi connectivity index (χ4v) is 8.22. The van der Waals surface area contributed by atoms with E-state index in [1.165, 1.54) is 5.56 Å². The summed E-state index contributed by atoms with van der Waals surface area (Å²) in [5, 5.41) is 2.32. The molecule has 6 nitrogen and oxygen atoms in total. The lowest BCUT2D eigenvalue weighted by Gasteiger charge is -2.17. The number of aromatic nitrogens is 6. The van der Waals surface area contributed by atoms with Crippen molar-refractivity contribution in [2.75, 3.05) is 0 Å². The number of hydrogen-bond donors (Lipinski definition) is 0. The van der Waals surface area contributed by atoms with Gasteiger partial charge in [-0.05, 0) is 54.4 Å². The molecule has 6 heteroatoms. The van der Waals surface area contributed by atoms with Crippen LogP contribution in [0.25, 0.3) is 107 Å². The SMILES string of the molecule is Cc1ccc(-c2ccc3c4ccccc4n(-c4ccc(-c5nc(-c6ccccc6)nc(-c6ccccc6)n5)cc4-c4nc(-c5ccccc5)cc(-c5ccccc5)n4)c3c2)cc1. The minimum Gasteiger partial charge on any atom is -0.308 e. The normalized spacial score (nSPS) is 11.3. The van der Waals surface area contributed by atoms with E-state index in [4.69, 9.17) is 24.9 Å². The average molecular weight is 795 g/mol. The van der Waals surface area contributed by atoms with Crippen LogP contribution in [0.2, 0.25) is 0 Å². The van der Waals surface area contributed by atoms with Crippen molar-refractivity contribution in [3.8, 4) is 84.9 Å². The smallest absolute Gasteiger partial charge is 0.164 e. The molecule has 0 atom stereocenters. The van der Waals surface area contributed by atoms with Crippen LogP contribution in [0.1, 0.15) is 5.56 Å². The summed E-state index contributed by atoms with van der Waals surface area (Å²) in [5.74, 6) is 2.33. The third-order valence-electron chi connectivity index (χ3n) is 11.4. The van der Waals surface area contributed by atoms with Gasteiger partial charge in [0.1, 0.15) is 0 Å². The van der Waals surface area contributed by atoms with Gasteiger partial charge in [0.25, 0.3) is 0 Å². The van der Waals surface area contributed by atoms with E-state index in [1.807, 2.05) is 97.1 Å². The quantitative estimate of drug-likeness (QED) is 0.153. The third-order valence-corrected chi connectivity index (χ3v) is 11.4. The Bertz CT molecular complexity index is 3270. The van der Waals surface area contributed by atoms with Gasteiger partial charge in [-0.15, -0.1) is 0 Å². The molecule has 0 aliphatic carbocycles. The number of nitrogens with zero attached hydrogens (tertiary/aromatic N) is 6. The standard InChI is InChI=1S/C56H38N6/c1-37-26-28-38(29-27-37)43-30-32-46-45-24-14-15-25-50(45)62(52(46)35-43)51-33-31-44(55-60-53(41-20-10-4-11-21-41)59-54(61-55)42-22-12-5-13-23-42)34-47(51)56-57-48(39-16-6-2-7-17-39)36-49(58-56)40-18-8-3-9-19-40/h2-36H,1H3. The van der Waals surface area contributed by atoms with Gasteiger partial charge in [-0.25, -0.2) is 24.9 Å². The summed E-state index contributed by atoms with van der Waals surface area (Å²) in [6.45, 7) is 2.12. The molecule has 11 aromatic rings. The Morgan fingerprint density at radius 2 is 0.774 bits per heavy atom. The molecule has 292 valence electrons. The Morgan fingerprint density at radius 3 is 1.35 bits per heavy atom. The van der Waals surface area contributed by atoms with Gasteiger partial charge < -0.3 is 4.57 Å². The van der Waals surface area contributed by atoms with Crippen molar-refractivity contribution < 1.29 is 0 Å². The minimum atomic E-state index is 0.553. The molecule has 0 radical (unpaired) electrons. The van der Waals surface area contributed by atoms with Crippen LogP contribution in [0, 0.1) is 6.92 Å². The summed E-state index contributed by atoms with van der Waals surface area (Å²) in [7, 11) is 0. The molecule has 62 heavy (non-hydrogen) atoms. The van der Waals surface area contributed by atoms with E-state index >= 15 is 0 Å². The lowest BCUT2D eigenvalue weighted by Crippen LogP contribution is -2.04. The molecule has 0 N–H and O–H groups in total. The zero-order chi connectivity index (χ0) is 41.4. The number of rotatable bonds is 8. The predicted octanol–water partition coefficient (Wildman–Crippen LogP) is 13.7. The average Bonchev–Trinajstić information content (AvgIpc) is 3.68. The highest BCUT2D eigenvalue weighted by Crippen LogP contribution is 2.40. The van der Waals surface area contributed by atoms with Crippen LogP contribution >= 0.6 is 0 Å². The maximum absolute atomic E-state index is 5.39. The van der Waals surface area contributed by atoms with Gasteiger partial charge in [-0.1, -0.05) is 181 Å². The fourth-order valence-electron chi connectivity index (χ4n) is 8.22. The first-order chi connectivity index (χ1) is 30.6. The van der Waals surface area contributed by atoms with Crippen LogP contribution in [0.3, 0.4) is 0 Å². The molecule has 0 fully saturated rings. The molecule has 0 aliphatic rings. The van der Waals surface area contributed by atoms with Gasteiger partial charge in [-0.2, -0.15) is 0 Å². The first-order valence-electron chi connectivity index (χ1n) is 20.8. The molecule has 0 amide bonds. The molecule has 0 spiro atoms. The van der Waals surface area contributed by atoms with Gasteiger partial charge in [0.15, 0.2) is 23.3 Å². The molecule has 3 heterocycles. The molecule has 0 bridgehead atoms. The molecular formula is C56H38N6. The summed E-state index contributed by atoms with van der Waals surface area (Å²) in [6.07, 6.45) is 0. The van der Waals surface area contributed by atoms with Crippen molar-refractivity contribution in [1.29, 1.82) is 0 Å². The Balaban J connectivity index is 1.21. The summed E-state index contributed by atoms with van der Waals surface area (Å²) >= 11 is 0. The summed E-state index contributed by atoms with van der Waals surface area (Å²) in [4.78, 5) is 26.0. The van der Waals surface area contributed by atoms with Crippen LogP contribution in [0.5, 0.6) is 0 Å².